The maximum Gasteiger partial charge on any atom is 0.335 e. The summed E-state index contributed by atoms with van der Waals surface area (Å²) in [6.45, 7) is 4.13. The molecule has 2 nitrogen and oxygen atoms in total. The third kappa shape index (κ3) is 2.71. The number of rotatable bonds is 2. The highest BCUT2D eigenvalue weighted by molar-refractivity contribution is 5.88. The smallest absolute Gasteiger partial charge is 0.335 e. The SMILES string of the molecule is Cc1cccc(C)c1-c1ccc(C(=O)O)cc1.Cl. The minimum atomic E-state index is -0.891. The van der Waals surface area contributed by atoms with Gasteiger partial charge < -0.3 is 5.11 Å². The summed E-state index contributed by atoms with van der Waals surface area (Å²) < 4.78 is 0. The molecule has 94 valence electrons. The predicted octanol–water partition coefficient (Wildman–Crippen LogP) is 4.09. The second-order valence-electron chi connectivity index (χ2n) is 4.15. The van der Waals surface area contributed by atoms with Crippen molar-refractivity contribution in [2.75, 3.05) is 0 Å². The van der Waals surface area contributed by atoms with Gasteiger partial charge in [-0.3, -0.25) is 0 Å². The Balaban J connectivity index is 0.00000162. The molecule has 0 saturated carbocycles. The molecular formula is C15H15ClO2. The molecule has 0 heterocycles. The van der Waals surface area contributed by atoms with Crippen LogP contribution in [-0.4, -0.2) is 11.1 Å². The molecule has 0 aromatic heterocycles. The lowest BCUT2D eigenvalue weighted by molar-refractivity contribution is 0.0697. The molecule has 2 aromatic carbocycles. The molecule has 0 unspecified atom stereocenters. The summed E-state index contributed by atoms with van der Waals surface area (Å²) >= 11 is 0. The normalized spacial score (nSPS) is 9.67. The summed E-state index contributed by atoms with van der Waals surface area (Å²) in [7, 11) is 0. The van der Waals surface area contributed by atoms with Crippen LogP contribution in [0.3, 0.4) is 0 Å². The van der Waals surface area contributed by atoms with Crippen molar-refractivity contribution in [1.29, 1.82) is 0 Å². The molecule has 3 heteroatoms. The summed E-state index contributed by atoms with van der Waals surface area (Å²) in [5.74, 6) is -0.891. The minimum absolute atomic E-state index is 0. The van der Waals surface area contributed by atoms with E-state index in [1.165, 1.54) is 16.7 Å². The van der Waals surface area contributed by atoms with E-state index in [0.717, 1.165) is 5.56 Å². The van der Waals surface area contributed by atoms with Gasteiger partial charge >= 0.3 is 5.97 Å². The number of carboxylic acid groups (broad SMARTS) is 1. The highest BCUT2D eigenvalue weighted by Gasteiger charge is 2.06. The fourth-order valence-electron chi connectivity index (χ4n) is 2.05. The number of benzene rings is 2. The van der Waals surface area contributed by atoms with E-state index in [1.54, 1.807) is 12.1 Å². The van der Waals surface area contributed by atoms with E-state index in [0.29, 0.717) is 5.56 Å². The Morgan fingerprint density at radius 3 is 1.89 bits per heavy atom. The third-order valence-electron chi connectivity index (χ3n) is 2.90. The number of aryl methyl sites for hydroxylation is 2. The molecule has 0 atom stereocenters. The molecule has 0 radical (unpaired) electrons. The van der Waals surface area contributed by atoms with E-state index in [2.05, 4.69) is 26.0 Å². The van der Waals surface area contributed by atoms with Crippen molar-refractivity contribution in [1.82, 2.24) is 0 Å². The van der Waals surface area contributed by atoms with E-state index in [-0.39, 0.29) is 12.4 Å². The Hall–Kier alpha value is -1.80. The second kappa shape index (κ2) is 5.69. The number of hydrogen-bond acceptors (Lipinski definition) is 1. The van der Waals surface area contributed by atoms with Gasteiger partial charge in [-0.2, -0.15) is 0 Å². The summed E-state index contributed by atoms with van der Waals surface area (Å²) in [5, 5.41) is 8.86. The monoisotopic (exact) mass is 262 g/mol. The van der Waals surface area contributed by atoms with Crippen LogP contribution in [0.5, 0.6) is 0 Å². The molecule has 0 saturated heterocycles. The molecule has 0 aliphatic heterocycles. The van der Waals surface area contributed by atoms with Crippen LogP contribution in [0.25, 0.3) is 11.1 Å². The molecule has 0 aliphatic carbocycles. The third-order valence-corrected chi connectivity index (χ3v) is 2.90. The Kier molecular flexibility index (Phi) is 4.51. The van der Waals surface area contributed by atoms with Crippen molar-refractivity contribution in [2.24, 2.45) is 0 Å². The number of aromatic carboxylic acids is 1. The van der Waals surface area contributed by atoms with E-state index < -0.39 is 5.97 Å². The van der Waals surface area contributed by atoms with Gasteiger partial charge in [0.15, 0.2) is 0 Å². The lowest BCUT2D eigenvalue weighted by Gasteiger charge is -2.09. The van der Waals surface area contributed by atoms with Gasteiger partial charge in [0.1, 0.15) is 0 Å². The van der Waals surface area contributed by atoms with Gasteiger partial charge in [0.05, 0.1) is 5.56 Å². The van der Waals surface area contributed by atoms with Gasteiger partial charge in [0, 0.05) is 0 Å². The zero-order valence-corrected chi connectivity index (χ0v) is 11.1. The molecule has 18 heavy (non-hydrogen) atoms. The van der Waals surface area contributed by atoms with Gasteiger partial charge in [-0.1, -0.05) is 30.3 Å². The van der Waals surface area contributed by atoms with Gasteiger partial charge in [-0.25, -0.2) is 4.79 Å². The first-order valence-electron chi connectivity index (χ1n) is 5.49. The minimum Gasteiger partial charge on any atom is -0.478 e. The molecule has 1 N–H and O–H groups in total. The van der Waals surface area contributed by atoms with Crippen LogP contribution < -0.4 is 0 Å². The summed E-state index contributed by atoms with van der Waals surface area (Å²) in [6, 6.07) is 13.2. The van der Waals surface area contributed by atoms with Gasteiger partial charge in [0.2, 0.25) is 0 Å². The Bertz CT molecular complexity index is 539. The number of carboxylic acids is 1. The van der Waals surface area contributed by atoms with Crippen LogP contribution in [0.15, 0.2) is 42.5 Å². The molecule has 0 spiro atoms. The lowest BCUT2D eigenvalue weighted by Crippen LogP contribution is -1.95. The van der Waals surface area contributed by atoms with Crippen molar-refractivity contribution in [3.8, 4) is 11.1 Å². The molecule has 2 aromatic rings. The highest BCUT2D eigenvalue weighted by atomic mass is 35.5. The molecular weight excluding hydrogens is 248 g/mol. The van der Waals surface area contributed by atoms with E-state index in [9.17, 15) is 4.79 Å². The van der Waals surface area contributed by atoms with Gasteiger partial charge in [0.25, 0.3) is 0 Å². The average molecular weight is 263 g/mol. The largest absolute Gasteiger partial charge is 0.478 e. The lowest BCUT2D eigenvalue weighted by atomic mass is 9.95. The molecule has 0 bridgehead atoms. The molecule has 0 aliphatic rings. The Morgan fingerprint density at radius 1 is 0.944 bits per heavy atom. The summed E-state index contributed by atoms with van der Waals surface area (Å²) in [5.41, 5.74) is 4.97. The molecule has 2 rings (SSSR count). The molecule has 0 fully saturated rings. The first-order chi connectivity index (χ1) is 8.09. The zero-order chi connectivity index (χ0) is 12.4. The summed E-state index contributed by atoms with van der Waals surface area (Å²) in [6.07, 6.45) is 0. The van der Waals surface area contributed by atoms with Crippen LogP contribution in [0.1, 0.15) is 21.5 Å². The standard InChI is InChI=1S/C15H14O2.ClH/c1-10-4-3-5-11(2)14(10)12-6-8-13(9-7-12)15(16)17;/h3-9H,1-2H3,(H,16,17);1H. The van der Waals surface area contributed by atoms with Crippen LogP contribution in [0.4, 0.5) is 0 Å². The quantitative estimate of drug-likeness (QED) is 0.885. The number of halogens is 1. The van der Waals surface area contributed by atoms with Gasteiger partial charge in [-0.15, -0.1) is 12.4 Å². The van der Waals surface area contributed by atoms with E-state index in [4.69, 9.17) is 5.11 Å². The second-order valence-corrected chi connectivity index (χ2v) is 4.15. The first-order valence-corrected chi connectivity index (χ1v) is 5.49. The van der Waals surface area contributed by atoms with Crippen LogP contribution in [0.2, 0.25) is 0 Å². The van der Waals surface area contributed by atoms with Crippen LogP contribution in [-0.2, 0) is 0 Å². The van der Waals surface area contributed by atoms with Crippen molar-refractivity contribution in [3.63, 3.8) is 0 Å². The van der Waals surface area contributed by atoms with Crippen molar-refractivity contribution < 1.29 is 9.90 Å². The molecule has 0 amide bonds. The average Bonchev–Trinajstić information content (AvgIpc) is 2.29. The van der Waals surface area contributed by atoms with Crippen LogP contribution >= 0.6 is 12.4 Å². The zero-order valence-electron chi connectivity index (χ0n) is 10.3. The van der Waals surface area contributed by atoms with Crippen molar-refractivity contribution in [3.05, 3.63) is 59.2 Å². The van der Waals surface area contributed by atoms with E-state index in [1.807, 2.05) is 18.2 Å². The maximum absolute atomic E-state index is 10.8. The number of hydrogen-bond donors (Lipinski definition) is 1. The highest BCUT2D eigenvalue weighted by Crippen LogP contribution is 2.27. The fraction of sp³-hybridized carbons (Fsp3) is 0.133. The van der Waals surface area contributed by atoms with Crippen LogP contribution in [0, 0.1) is 13.8 Å². The Labute approximate surface area is 113 Å². The summed E-state index contributed by atoms with van der Waals surface area (Å²) in [4.78, 5) is 10.8. The fourth-order valence-corrected chi connectivity index (χ4v) is 2.05. The first kappa shape index (κ1) is 14.3. The predicted molar refractivity (Wildman–Crippen MR) is 75.6 cm³/mol. The van der Waals surface area contributed by atoms with E-state index >= 15 is 0 Å². The van der Waals surface area contributed by atoms with Crippen molar-refractivity contribution >= 4 is 18.4 Å². The van der Waals surface area contributed by atoms with Crippen molar-refractivity contribution in [2.45, 2.75) is 13.8 Å². The topological polar surface area (TPSA) is 37.3 Å². The maximum atomic E-state index is 10.8. The van der Waals surface area contributed by atoms with Gasteiger partial charge in [-0.05, 0) is 48.2 Å². The Morgan fingerprint density at radius 2 is 1.44 bits per heavy atom. The number of carbonyl (C=O) groups is 1.